The van der Waals surface area contributed by atoms with Crippen LogP contribution in [-0.4, -0.2) is 36.0 Å². The Bertz CT molecular complexity index is 418. The summed E-state index contributed by atoms with van der Waals surface area (Å²) in [6, 6.07) is 10.4. The van der Waals surface area contributed by atoms with Crippen molar-refractivity contribution in [3.05, 3.63) is 35.9 Å². The van der Waals surface area contributed by atoms with Crippen LogP contribution >= 0.6 is 0 Å². The summed E-state index contributed by atoms with van der Waals surface area (Å²) in [5.41, 5.74) is 0.770. The summed E-state index contributed by atoms with van der Waals surface area (Å²) in [6.07, 6.45) is 4.96. The van der Waals surface area contributed by atoms with Crippen molar-refractivity contribution in [2.75, 3.05) is 13.1 Å². The number of benzene rings is 1. The van der Waals surface area contributed by atoms with E-state index >= 15 is 0 Å². The van der Waals surface area contributed by atoms with Gasteiger partial charge in [-0.15, -0.1) is 0 Å². The second-order valence-electron chi connectivity index (χ2n) is 5.33. The maximum Gasteiger partial charge on any atom is 0.251 e. The molecule has 96 valence electrons. The average Bonchev–Trinajstić information content (AvgIpc) is 2.83. The first-order valence-corrected chi connectivity index (χ1v) is 6.94. The predicted octanol–water partition coefficient (Wildman–Crippen LogP) is 2.04. The smallest absolute Gasteiger partial charge is 0.251 e. The Morgan fingerprint density at radius 2 is 1.94 bits per heavy atom. The molecule has 1 aromatic rings. The van der Waals surface area contributed by atoms with Crippen molar-refractivity contribution >= 4 is 5.91 Å². The highest BCUT2D eigenvalue weighted by molar-refractivity contribution is 5.94. The van der Waals surface area contributed by atoms with E-state index in [2.05, 4.69) is 10.2 Å². The molecule has 3 rings (SSSR count). The quantitative estimate of drug-likeness (QED) is 0.863. The van der Waals surface area contributed by atoms with Crippen LogP contribution in [0.15, 0.2) is 30.3 Å². The second kappa shape index (κ2) is 5.11. The summed E-state index contributed by atoms with van der Waals surface area (Å²) in [5, 5.41) is 3.21. The zero-order valence-electron chi connectivity index (χ0n) is 10.6. The first kappa shape index (κ1) is 11.7. The van der Waals surface area contributed by atoms with Gasteiger partial charge >= 0.3 is 0 Å². The molecule has 0 unspecified atom stereocenters. The first-order valence-electron chi connectivity index (χ1n) is 6.94. The molecule has 2 fully saturated rings. The van der Waals surface area contributed by atoms with Gasteiger partial charge in [0, 0.05) is 24.2 Å². The van der Waals surface area contributed by atoms with E-state index in [1.54, 1.807) is 0 Å². The molecule has 2 heterocycles. The van der Waals surface area contributed by atoms with Gasteiger partial charge in [-0.3, -0.25) is 9.69 Å². The number of nitrogens with one attached hydrogen (secondary N) is 1. The third-order valence-corrected chi connectivity index (χ3v) is 4.21. The monoisotopic (exact) mass is 244 g/mol. The fraction of sp³-hybridized carbons (Fsp3) is 0.533. The van der Waals surface area contributed by atoms with Gasteiger partial charge < -0.3 is 5.32 Å². The molecule has 1 N–H and O–H groups in total. The summed E-state index contributed by atoms with van der Waals surface area (Å²) >= 11 is 0. The molecule has 1 amide bonds. The van der Waals surface area contributed by atoms with Gasteiger partial charge in [-0.1, -0.05) is 24.6 Å². The molecule has 2 atom stereocenters. The Balaban J connectivity index is 1.65. The molecule has 0 bridgehead atoms. The van der Waals surface area contributed by atoms with Gasteiger partial charge in [0.25, 0.3) is 5.91 Å². The van der Waals surface area contributed by atoms with Crippen LogP contribution < -0.4 is 5.32 Å². The topological polar surface area (TPSA) is 32.3 Å². The Morgan fingerprint density at radius 3 is 2.78 bits per heavy atom. The minimum atomic E-state index is 0.0769. The highest BCUT2D eigenvalue weighted by Gasteiger charge is 2.36. The lowest BCUT2D eigenvalue weighted by Crippen LogP contribution is -2.46. The van der Waals surface area contributed by atoms with Crippen molar-refractivity contribution < 1.29 is 4.79 Å². The second-order valence-corrected chi connectivity index (χ2v) is 5.33. The van der Waals surface area contributed by atoms with Crippen LogP contribution in [0.2, 0.25) is 0 Å². The summed E-state index contributed by atoms with van der Waals surface area (Å²) in [6.45, 7) is 2.35. The van der Waals surface area contributed by atoms with Gasteiger partial charge in [0.15, 0.2) is 0 Å². The summed E-state index contributed by atoms with van der Waals surface area (Å²) < 4.78 is 0. The molecule has 3 nitrogen and oxygen atoms in total. The number of amides is 1. The largest absolute Gasteiger partial charge is 0.348 e. The van der Waals surface area contributed by atoms with E-state index in [1.807, 2.05) is 30.3 Å². The van der Waals surface area contributed by atoms with Gasteiger partial charge in [0.1, 0.15) is 0 Å². The van der Waals surface area contributed by atoms with E-state index < -0.39 is 0 Å². The third kappa shape index (κ3) is 2.27. The van der Waals surface area contributed by atoms with Gasteiger partial charge in [-0.2, -0.15) is 0 Å². The van der Waals surface area contributed by atoms with E-state index in [4.69, 9.17) is 0 Å². The first-order chi connectivity index (χ1) is 8.84. The van der Waals surface area contributed by atoms with E-state index in [9.17, 15) is 4.79 Å². The summed E-state index contributed by atoms with van der Waals surface area (Å²) in [5.74, 6) is 0.0769. The Kier molecular flexibility index (Phi) is 3.33. The SMILES string of the molecule is O=C(N[C@@H]1CCN2CCCC[C@@H]12)c1ccccc1. The fourth-order valence-corrected chi connectivity index (χ4v) is 3.26. The van der Waals surface area contributed by atoms with Crippen molar-refractivity contribution in [1.29, 1.82) is 0 Å². The van der Waals surface area contributed by atoms with Crippen molar-refractivity contribution in [1.82, 2.24) is 10.2 Å². The highest BCUT2D eigenvalue weighted by Crippen LogP contribution is 2.27. The summed E-state index contributed by atoms with van der Waals surface area (Å²) in [7, 11) is 0. The lowest BCUT2D eigenvalue weighted by Gasteiger charge is -2.32. The molecule has 1 aromatic carbocycles. The predicted molar refractivity (Wildman–Crippen MR) is 71.5 cm³/mol. The molecule has 2 aliphatic heterocycles. The molecular weight excluding hydrogens is 224 g/mol. The Hall–Kier alpha value is -1.35. The van der Waals surface area contributed by atoms with E-state index in [0.29, 0.717) is 12.1 Å². The maximum absolute atomic E-state index is 12.1. The molecule has 0 aromatic heterocycles. The molecular formula is C15H20N2O. The van der Waals surface area contributed by atoms with Crippen molar-refractivity contribution in [3.8, 4) is 0 Å². The number of carbonyl (C=O) groups is 1. The fourth-order valence-electron chi connectivity index (χ4n) is 3.26. The molecule has 0 saturated carbocycles. The lowest BCUT2D eigenvalue weighted by molar-refractivity contribution is 0.0915. The number of fused-ring (bicyclic) bond motifs is 1. The van der Waals surface area contributed by atoms with E-state index in [-0.39, 0.29) is 5.91 Å². The normalized spacial score (nSPS) is 27.8. The van der Waals surface area contributed by atoms with Crippen LogP contribution in [0, 0.1) is 0 Å². The zero-order chi connectivity index (χ0) is 12.4. The summed E-state index contributed by atoms with van der Waals surface area (Å²) in [4.78, 5) is 14.7. The molecule has 0 aliphatic carbocycles. The van der Waals surface area contributed by atoms with Crippen LogP contribution in [0.25, 0.3) is 0 Å². The van der Waals surface area contributed by atoms with Crippen molar-refractivity contribution in [2.24, 2.45) is 0 Å². The highest BCUT2D eigenvalue weighted by atomic mass is 16.1. The van der Waals surface area contributed by atoms with Crippen molar-refractivity contribution in [3.63, 3.8) is 0 Å². The Morgan fingerprint density at radius 1 is 1.11 bits per heavy atom. The van der Waals surface area contributed by atoms with Crippen LogP contribution in [-0.2, 0) is 0 Å². The van der Waals surface area contributed by atoms with Gasteiger partial charge in [-0.05, 0) is 37.9 Å². The van der Waals surface area contributed by atoms with Gasteiger partial charge in [-0.25, -0.2) is 0 Å². The standard InChI is InChI=1S/C15H20N2O/c18-15(12-6-2-1-3-7-12)16-13-9-11-17-10-5-4-8-14(13)17/h1-3,6-7,13-14H,4-5,8-11H2,(H,16,18)/t13-,14+/m1/s1. The lowest BCUT2D eigenvalue weighted by atomic mass is 9.99. The van der Waals surface area contributed by atoms with Crippen LogP contribution in [0.4, 0.5) is 0 Å². The average molecular weight is 244 g/mol. The van der Waals surface area contributed by atoms with Gasteiger partial charge in [0.05, 0.1) is 0 Å². The molecule has 0 radical (unpaired) electrons. The maximum atomic E-state index is 12.1. The minimum Gasteiger partial charge on any atom is -0.348 e. The molecule has 2 saturated heterocycles. The minimum absolute atomic E-state index is 0.0769. The number of rotatable bonds is 2. The third-order valence-electron chi connectivity index (χ3n) is 4.21. The number of hydrogen-bond acceptors (Lipinski definition) is 2. The van der Waals surface area contributed by atoms with Crippen LogP contribution in [0.3, 0.4) is 0 Å². The zero-order valence-corrected chi connectivity index (χ0v) is 10.6. The van der Waals surface area contributed by atoms with E-state index in [0.717, 1.165) is 18.5 Å². The number of nitrogens with zero attached hydrogens (tertiary/aromatic N) is 1. The molecule has 0 spiro atoms. The number of carbonyl (C=O) groups excluding carboxylic acids is 1. The number of piperidine rings is 1. The number of hydrogen-bond donors (Lipinski definition) is 1. The Labute approximate surface area is 108 Å². The molecule has 2 aliphatic rings. The molecule has 18 heavy (non-hydrogen) atoms. The molecule has 3 heteroatoms. The van der Waals surface area contributed by atoms with E-state index in [1.165, 1.54) is 25.8 Å². The van der Waals surface area contributed by atoms with Gasteiger partial charge in [0.2, 0.25) is 0 Å². The van der Waals surface area contributed by atoms with Crippen LogP contribution in [0.5, 0.6) is 0 Å². The van der Waals surface area contributed by atoms with Crippen molar-refractivity contribution in [2.45, 2.75) is 37.8 Å². The van der Waals surface area contributed by atoms with Crippen LogP contribution in [0.1, 0.15) is 36.0 Å².